The molecule has 2 aromatic rings. The second kappa shape index (κ2) is 6.70. The molecular weight excluding hydrogens is 306 g/mol. The quantitative estimate of drug-likeness (QED) is 0.858. The Morgan fingerprint density at radius 3 is 2.62 bits per heavy atom. The number of aliphatic hydroxyl groups excluding tert-OH is 1. The first kappa shape index (κ1) is 16.2. The van der Waals surface area contributed by atoms with Crippen molar-refractivity contribution in [2.24, 2.45) is 0 Å². The topological polar surface area (TPSA) is 66.4 Å². The van der Waals surface area contributed by atoms with Gasteiger partial charge in [0.05, 0.1) is 11.0 Å². The molecule has 0 aliphatic rings. The van der Waals surface area contributed by atoms with Gasteiger partial charge in [0.1, 0.15) is 0 Å². The van der Waals surface area contributed by atoms with Gasteiger partial charge in [0.25, 0.3) is 0 Å². The summed E-state index contributed by atoms with van der Waals surface area (Å²) >= 11 is 1.51. The number of aliphatic hydroxyl groups is 1. The summed E-state index contributed by atoms with van der Waals surface area (Å²) in [6, 6.07) is 6.89. The van der Waals surface area contributed by atoms with E-state index in [9.17, 15) is 13.5 Å². The first-order valence-electron chi connectivity index (χ1n) is 6.67. The summed E-state index contributed by atoms with van der Waals surface area (Å²) < 4.78 is 26.9. The molecule has 2 rings (SSSR count). The number of aryl methyl sites for hydroxylation is 2. The molecule has 1 atom stereocenters. The number of rotatable bonds is 6. The summed E-state index contributed by atoms with van der Waals surface area (Å²) in [5.74, 6) is 0. The van der Waals surface area contributed by atoms with Gasteiger partial charge in [-0.25, -0.2) is 13.1 Å². The minimum absolute atomic E-state index is 0.201. The second-order valence-electron chi connectivity index (χ2n) is 5.00. The first-order valence-corrected chi connectivity index (χ1v) is 9.10. The predicted molar refractivity (Wildman–Crippen MR) is 85.0 cm³/mol. The van der Waals surface area contributed by atoms with Crippen molar-refractivity contribution in [1.82, 2.24) is 4.72 Å². The number of hydrogen-bond donors (Lipinski definition) is 2. The van der Waals surface area contributed by atoms with Crippen molar-refractivity contribution in [2.75, 3.05) is 6.54 Å². The molecule has 0 amide bonds. The van der Waals surface area contributed by atoms with Gasteiger partial charge in [-0.3, -0.25) is 0 Å². The molecule has 21 heavy (non-hydrogen) atoms. The van der Waals surface area contributed by atoms with Crippen molar-refractivity contribution in [3.05, 3.63) is 51.7 Å². The van der Waals surface area contributed by atoms with E-state index >= 15 is 0 Å². The largest absolute Gasteiger partial charge is 0.388 e. The number of sulfonamides is 1. The van der Waals surface area contributed by atoms with Gasteiger partial charge in [-0.05, 0) is 65.9 Å². The van der Waals surface area contributed by atoms with E-state index in [1.165, 1.54) is 11.3 Å². The number of nitrogens with one attached hydrogen (secondary N) is 1. The minimum Gasteiger partial charge on any atom is -0.388 e. The van der Waals surface area contributed by atoms with Gasteiger partial charge in [-0.15, -0.1) is 0 Å². The van der Waals surface area contributed by atoms with Gasteiger partial charge >= 0.3 is 0 Å². The molecule has 114 valence electrons. The maximum Gasteiger partial charge on any atom is 0.240 e. The van der Waals surface area contributed by atoms with Crippen molar-refractivity contribution < 1.29 is 13.5 Å². The summed E-state index contributed by atoms with van der Waals surface area (Å²) in [5.41, 5.74) is 2.82. The van der Waals surface area contributed by atoms with Gasteiger partial charge in [0, 0.05) is 6.54 Å². The Labute approximate surface area is 129 Å². The van der Waals surface area contributed by atoms with Crippen LogP contribution in [0, 0.1) is 13.8 Å². The van der Waals surface area contributed by atoms with Crippen LogP contribution < -0.4 is 4.72 Å². The van der Waals surface area contributed by atoms with Crippen LogP contribution in [0.4, 0.5) is 0 Å². The molecule has 4 nitrogen and oxygen atoms in total. The average Bonchev–Trinajstić information content (AvgIpc) is 2.95. The molecule has 0 saturated heterocycles. The van der Waals surface area contributed by atoms with E-state index in [0.29, 0.717) is 6.42 Å². The van der Waals surface area contributed by atoms with Gasteiger partial charge in [0.2, 0.25) is 10.0 Å². The molecule has 1 unspecified atom stereocenters. The third kappa shape index (κ3) is 4.14. The molecule has 0 radical (unpaired) electrons. The SMILES string of the molecule is Cc1ccc(S(=O)(=O)NCCC(O)c2ccsc2)cc1C. The molecule has 1 aromatic carbocycles. The van der Waals surface area contributed by atoms with E-state index in [2.05, 4.69) is 4.72 Å². The van der Waals surface area contributed by atoms with E-state index in [4.69, 9.17) is 0 Å². The van der Waals surface area contributed by atoms with Crippen LogP contribution in [0.25, 0.3) is 0 Å². The Balaban J connectivity index is 1.96. The molecule has 1 heterocycles. The Morgan fingerprint density at radius 1 is 1.24 bits per heavy atom. The van der Waals surface area contributed by atoms with Gasteiger partial charge in [0.15, 0.2) is 0 Å². The maximum absolute atomic E-state index is 12.2. The lowest BCUT2D eigenvalue weighted by atomic mass is 10.1. The molecule has 1 aromatic heterocycles. The van der Waals surface area contributed by atoms with Crippen LogP contribution in [0.15, 0.2) is 39.9 Å². The highest BCUT2D eigenvalue weighted by Gasteiger charge is 2.15. The zero-order chi connectivity index (χ0) is 15.5. The van der Waals surface area contributed by atoms with Crippen molar-refractivity contribution in [3.8, 4) is 0 Å². The molecular formula is C15H19NO3S2. The monoisotopic (exact) mass is 325 g/mol. The summed E-state index contributed by atoms with van der Waals surface area (Å²) in [5, 5.41) is 13.7. The van der Waals surface area contributed by atoms with E-state index in [0.717, 1.165) is 16.7 Å². The van der Waals surface area contributed by atoms with Crippen LogP contribution in [0.3, 0.4) is 0 Å². The lowest BCUT2D eigenvalue weighted by molar-refractivity contribution is 0.169. The maximum atomic E-state index is 12.2. The van der Waals surface area contributed by atoms with E-state index in [1.807, 2.05) is 30.7 Å². The molecule has 0 fully saturated rings. The van der Waals surface area contributed by atoms with Crippen molar-refractivity contribution in [1.29, 1.82) is 0 Å². The second-order valence-corrected chi connectivity index (χ2v) is 7.55. The fourth-order valence-corrected chi connectivity index (χ4v) is 3.77. The standard InChI is InChI=1S/C15H19NO3S2/c1-11-3-4-14(9-12(11)2)21(18,19)16-7-5-15(17)13-6-8-20-10-13/h3-4,6,8-10,15-17H,5,7H2,1-2H3. The van der Waals surface area contributed by atoms with Crippen molar-refractivity contribution >= 4 is 21.4 Å². The van der Waals surface area contributed by atoms with Crippen LogP contribution in [0.1, 0.15) is 29.2 Å². The van der Waals surface area contributed by atoms with Crippen LogP contribution in [-0.4, -0.2) is 20.1 Å². The van der Waals surface area contributed by atoms with Crippen LogP contribution >= 0.6 is 11.3 Å². The lowest BCUT2D eigenvalue weighted by Crippen LogP contribution is -2.26. The third-order valence-electron chi connectivity index (χ3n) is 3.43. The predicted octanol–water partition coefficient (Wildman–Crippen LogP) is 2.77. The highest BCUT2D eigenvalue weighted by molar-refractivity contribution is 7.89. The highest BCUT2D eigenvalue weighted by atomic mass is 32.2. The third-order valence-corrected chi connectivity index (χ3v) is 5.59. The molecule has 6 heteroatoms. The lowest BCUT2D eigenvalue weighted by Gasteiger charge is -2.11. The molecule has 0 spiro atoms. The summed E-state index contributed by atoms with van der Waals surface area (Å²) in [4.78, 5) is 0.260. The van der Waals surface area contributed by atoms with Crippen molar-refractivity contribution in [2.45, 2.75) is 31.3 Å². The fraction of sp³-hybridized carbons (Fsp3) is 0.333. The molecule has 0 bridgehead atoms. The Morgan fingerprint density at radius 2 is 2.00 bits per heavy atom. The Hall–Kier alpha value is -1.21. The summed E-state index contributed by atoms with van der Waals surface area (Å²) in [7, 11) is -3.52. The molecule has 0 aliphatic carbocycles. The molecule has 0 saturated carbocycles. The van der Waals surface area contributed by atoms with Crippen LogP contribution in [0.2, 0.25) is 0 Å². The van der Waals surface area contributed by atoms with E-state index < -0.39 is 16.1 Å². The zero-order valence-corrected chi connectivity index (χ0v) is 13.7. The summed E-state index contributed by atoms with van der Waals surface area (Å²) in [6.07, 6.45) is -0.292. The first-order chi connectivity index (χ1) is 9.90. The minimum atomic E-state index is -3.52. The van der Waals surface area contributed by atoms with E-state index in [-0.39, 0.29) is 11.4 Å². The van der Waals surface area contributed by atoms with Crippen molar-refractivity contribution in [3.63, 3.8) is 0 Å². The normalized spacial score (nSPS) is 13.3. The smallest absolute Gasteiger partial charge is 0.240 e. The van der Waals surface area contributed by atoms with Gasteiger partial charge in [-0.1, -0.05) is 6.07 Å². The average molecular weight is 325 g/mol. The van der Waals surface area contributed by atoms with Gasteiger partial charge in [-0.2, -0.15) is 11.3 Å². The number of hydrogen-bond acceptors (Lipinski definition) is 4. The summed E-state index contributed by atoms with van der Waals surface area (Å²) in [6.45, 7) is 4.03. The number of thiophene rings is 1. The number of benzene rings is 1. The molecule has 2 N–H and O–H groups in total. The van der Waals surface area contributed by atoms with Gasteiger partial charge < -0.3 is 5.11 Å². The van der Waals surface area contributed by atoms with Crippen LogP contribution in [0.5, 0.6) is 0 Å². The Bertz CT molecular complexity index is 694. The fourth-order valence-electron chi connectivity index (χ4n) is 1.93. The molecule has 0 aliphatic heterocycles. The zero-order valence-electron chi connectivity index (χ0n) is 12.0. The van der Waals surface area contributed by atoms with E-state index in [1.54, 1.807) is 18.2 Å². The van der Waals surface area contributed by atoms with Crippen LogP contribution in [-0.2, 0) is 10.0 Å². The highest BCUT2D eigenvalue weighted by Crippen LogP contribution is 2.19. The Kier molecular flexibility index (Phi) is 5.16.